The molecule has 11 heavy (non-hydrogen) atoms. The van der Waals surface area contributed by atoms with Gasteiger partial charge in [-0.1, -0.05) is 13.8 Å². The molecule has 2 nitrogen and oxygen atoms in total. The summed E-state index contributed by atoms with van der Waals surface area (Å²) >= 11 is 0. The molecule has 66 valence electrons. The maximum Gasteiger partial charge on any atom is 0.162 e. The van der Waals surface area contributed by atoms with Gasteiger partial charge in [0.2, 0.25) is 0 Å². The molecule has 1 aliphatic rings. The van der Waals surface area contributed by atoms with Gasteiger partial charge >= 0.3 is 0 Å². The SMILES string of the molecule is CO[C@H]1OC[C@H](C)[C@H](F)[C@@H]1C. The highest BCUT2D eigenvalue weighted by Gasteiger charge is 2.35. The lowest BCUT2D eigenvalue weighted by atomic mass is 9.92. The monoisotopic (exact) mass is 162 g/mol. The fourth-order valence-corrected chi connectivity index (χ4v) is 1.44. The highest BCUT2D eigenvalue weighted by Crippen LogP contribution is 2.27. The van der Waals surface area contributed by atoms with Crippen LogP contribution < -0.4 is 0 Å². The number of halogens is 1. The molecule has 0 aromatic heterocycles. The third-order valence-electron chi connectivity index (χ3n) is 2.23. The maximum absolute atomic E-state index is 13.2. The van der Waals surface area contributed by atoms with E-state index < -0.39 is 6.17 Å². The van der Waals surface area contributed by atoms with E-state index in [0.717, 1.165) is 0 Å². The maximum atomic E-state index is 13.2. The van der Waals surface area contributed by atoms with Gasteiger partial charge in [-0.15, -0.1) is 0 Å². The van der Waals surface area contributed by atoms with E-state index in [4.69, 9.17) is 9.47 Å². The Morgan fingerprint density at radius 1 is 1.45 bits per heavy atom. The summed E-state index contributed by atoms with van der Waals surface area (Å²) in [4.78, 5) is 0. The fourth-order valence-electron chi connectivity index (χ4n) is 1.44. The summed E-state index contributed by atoms with van der Waals surface area (Å²) in [5, 5.41) is 0. The highest BCUT2D eigenvalue weighted by atomic mass is 19.1. The fraction of sp³-hybridized carbons (Fsp3) is 1.00. The van der Waals surface area contributed by atoms with Crippen molar-refractivity contribution < 1.29 is 13.9 Å². The lowest BCUT2D eigenvalue weighted by molar-refractivity contribution is -0.207. The molecule has 0 amide bonds. The normalized spacial score (nSPS) is 45.8. The van der Waals surface area contributed by atoms with Gasteiger partial charge in [-0.05, 0) is 0 Å². The topological polar surface area (TPSA) is 18.5 Å². The van der Waals surface area contributed by atoms with E-state index in [0.29, 0.717) is 6.61 Å². The molecule has 4 atom stereocenters. The van der Waals surface area contributed by atoms with Crippen molar-refractivity contribution in [3.63, 3.8) is 0 Å². The lowest BCUT2D eigenvalue weighted by Crippen LogP contribution is -2.42. The van der Waals surface area contributed by atoms with Crippen LogP contribution >= 0.6 is 0 Å². The van der Waals surface area contributed by atoms with Crippen LogP contribution in [0, 0.1) is 11.8 Å². The Morgan fingerprint density at radius 2 is 2.09 bits per heavy atom. The average molecular weight is 162 g/mol. The number of hydrogen-bond acceptors (Lipinski definition) is 2. The van der Waals surface area contributed by atoms with Gasteiger partial charge in [-0.3, -0.25) is 0 Å². The molecule has 0 saturated carbocycles. The van der Waals surface area contributed by atoms with E-state index in [-0.39, 0.29) is 18.1 Å². The quantitative estimate of drug-likeness (QED) is 0.583. The Kier molecular flexibility index (Phi) is 2.84. The minimum absolute atomic E-state index is 0.00333. The van der Waals surface area contributed by atoms with Crippen LogP contribution in [0.1, 0.15) is 13.8 Å². The van der Waals surface area contributed by atoms with Crippen LogP contribution in [-0.2, 0) is 9.47 Å². The second kappa shape index (κ2) is 3.50. The smallest absolute Gasteiger partial charge is 0.162 e. The molecular formula is C8H15FO2. The van der Waals surface area contributed by atoms with Gasteiger partial charge in [-0.25, -0.2) is 4.39 Å². The van der Waals surface area contributed by atoms with Gasteiger partial charge in [0.25, 0.3) is 0 Å². The summed E-state index contributed by atoms with van der Waals surface area (Å²) < 4.78 is 23.5. The Morgan fingerprint density at radius 3 is 2.64 bits per heavy atom. The molecule has 1 saturated heterocycles. The van der Waals surface area contributed by atoms with E-state index in [9.17, 15) is 4.39 Å². The number of alkyl halides is 1. The van der Waals surface area contributed by atoms with Crippen molar-refractivity contribution in [1.29, 1.82) is 0 Å². The van der Waals surface area contributed by atoms with Gasteiger partial charge < -0.3 is 9.47 Å². The zero-order valence-electron chi connectivity index (χ0n) is 7.21. The van der Waals surface area contributed by atoms with E-state index in [2.05, 4.69) is 0 Å². The molecule has 1 fully saturated rings. The van der Waals surface area contributed by atoms with Crippen molar-refractivity contribution in [2.75, 3.05) is 13.7 Å². The number of hydrogen-bond donors (Lipinski definition) is 0. The number of ether oxygens (including phenoxy) is 2. The van der Waals surface area contributed by atoms with Crippen molar-refractivity contribution >= 4 is 0 Å². The predicted octanol–water partition coefficient (Wildman–Crippen LogP) is 1.60. The highest BCUT2D eigenvalue weighted by molar-refractivity contribution is 4.77. The van der Waals surface area contributed by atoms with Gasteiger partial charge in [0.1, 0.15) is 6.17 Å². The predicted molar refractivity (Wildman–Crippen MR) is 40.0 cm³/mol. The van der Waals surface area contributed by atoms with Crippen LogP contribution in [0.5, 0.6) is 0 Å². The van der Waals surface area contributed by atoms with Crippen LogP contribution in [0.3, 0.4) is 0 Å². The summed E-state index contributed by atoms with van der Waals surface area (Å²) in [6, 6.07) is 0. The molecule has 0 aromatic rings. The first-order chi connectivity index (χ1) is 5.16. The van der Waals surface area contributed by atoms with Gasteiger partial charge in [-0.2, -0.15) is 0 Å². The summed E-state index contributed by atoms with van der Waals surface area (Å²) in [6.45, 7) is 4.13. The molecule has 0 bridgehead atoms. The Bertz CT molecular complexity index is 127. The first-order valence-corrected chi connectivity index (χ1v) is 3.95. The zero-order valence-corrected chi connectivity index (χ0v) is 7.21. The van der Waals surface area contributed by atoms with Crippen LogP contribution in [0.15, 0.2) is 0 Å². The molecule has 0 spiro atoms. The second-order valence-corrected chi connectivity index (χ2v) is 3.22. The molecule has 0 radical (unpaired) electrons. The molecule has 3 heteroatoms. The van der Waals surface area contributed by atoms with Crippen molar-refractivity contribution in [2.45, 2.75) is 26.3 Å². The summed E-state index contributed by atoms with van der Waals surface area (Å²) in [5.41, 5.74) is 0. The first kappa shape index (κ1) is 8.94. The van der Waals surface area contributed by atoms with E-state index in [1.54, 1.807) is 7.11 Å². The van der Waals surface area contributed by atoms with Crippen LogP contribution in [-0.4, -0.2) is 26.2 Å². The second-order valence-electron chi connectivity index (χ2n) is 3.22. The van der Waals surface area contributed by atoms with Gasteiger partial charge in [0.15, 0.2) is 6.29 Å². The first-order valence-electron chi connectivity index (χ1n) is 3.95. The summed E-state index contributed by atoms with van der Waals surface area (Å²) in [7, 11) is 1.55. The van der Waals surface area contributed by atoms with Crippen molar-refractivity contribution in [3.8, 4) is 0 Å². The molecular weight excluding hydrogens is 147 g/mol. The Hall–Kier alpha value is -0.150. The molecule has 0 unspecified atom stereocenters. The average Bonchev–Trinajstić information content (AvgIpc) is 2.01. The molecule has 1 rings (SSSR count). The van der Waals surface area contributed by atoms with Crippen molar-refractivity contribution in [2.24, 2.45) is 11.8 Å². The van der Waals surface area contributed by atoms with Crippen molar-refractivity contribution in [3.05, 3.63) is 0 Å². The van der Waals surface area contributed by atoms with Crippen LogP contribution in [0.2, 0.25) is 0 Å². The molecule has 0 aromatic carbocycles. The van der Waals surface area contributed by atoms with Crippen LogP contribution in [0.25, 0.3) is 0 Å². The van der Waals surface area contributed by atoms with E-state index in [1.165, 1.54) is 0 Å². The number of methoxy groups -OCH3 is 1. The number of rotatable bonds is 1. The van der Waals surface area contributed by atoms with Crippen molar-refractivity contribution in [1.82, 2.24) is 0 Å². The minimum Gasteiger partial charge on any atom is -0.356 e. The van der Waals surface area contributed by atoms with E-state index >= 15 is 0 Å². The minimum atomic E-state index is -0.798. The molecule has 1 heterocycles. The molecule has 0 N–H and O–H groups in total. The lowest BCUT2D eigenvalue weighted by Gasteiger charge is -2.34. The van der Waals surface area contributed by atoms with Gasteiger partial charge in [0, 0.05) is 18.9 Å². The molecule has 1 aliphatic heterocycles. The van der Waals surface area contributed by atoms with Crippen LogP contribution in [0.4, 0.5) is 4.39 Å². The van der Waals surface area contributed by atoms with E-state index in [1.807, 2.05) is 13.8 Å². The third-order valence-corrected chi connectivity index (χ3v) is 2.23. The summed E-state index contributed by atoms with van der Waals surface area (Å²) in [5.74, 6) is -0.153. The van der Waals surface area contributed by atoms with Gasteiger partial charge in [0.05, 0.1) is 6.61 Å². The standard InChI is InChI=1S/C8H15FO2/c1-5-4-11-8(10-3)6(2)7(5)9/h5-8H,4H2,1-3H3/t5-,6-,7-,8-/m0/s1. The largest absolute Gasteiger partial charge is 0.356 e. The third kappa shape index (κ3) is 1.71. The Balaban J connectivity index is 2.52. The Labute approximate surface area is 66.7 Å². The molecule has 0 aliphatic carbocycles. The zero-order chi connectivity index (χ0) is 8.43. The summed E-state index contributed by atoms with van der Waals surface area (Å²) in [6.07, 6.45) is -1.16.